The SMILES string of the molecule is CN(N=Cc1ccc(CCCN2CCOCC2)cc1)c1cc(=O)n(C)c(=O)[nH]1. The zero-order chi connectivity index (χ0) is 19.9. The molecule has 2 aromatic rings. The van der Waals surface area contributed by atoms with E-state index in [1.54, 1.807) is 13.3 Å². The number of hydrogen-bond donors (Lipinski definition) is 1. The van der Waals surface area contributed by atoms with Gasteiger partial charge >= 0.3 is 5.69 Å². The van der Waals surface area contributed by atoms with Gasteiger partial charge in [-0.25, -0.2) is 4.79 Å². The van der Waals surface area contributed by atoms with E-state index < -0.39 is 5.69 Å². The van der Waals surface area contributed by atoms with Crippen LogP contribution in [0.2, 0.25) is 0 Å². The molecule has 1 aliphatic heterocycles. The van der Waals surface area contributed by atoms with Gasteiger partial charge in [0.15, 0.2) is 0 Å². The van der Waals surface area contributed by atoms with Gasteiger partial charge in [-0.1, -0.05) is 24.3 Å². The van der Waals surface area contributed by atoms with Crippen molar-refractivity contribution >= 4 is 12.0 Å². The van der Waals surface area contributed by atoms with Crippen LogP contribution in [0.4, 0.5) is 5.82 Å². The topological polar surface area (TPSA) is 82.9 Å². The molecule has 1 aromatic heterocycles. The van der Waals surface area contributed by atoms with Gasteiger partial charge < -0.3 is 4.74 Å². The largest absolute Gasteiger partial charge is 0.379 e. The van der Waals surface area contributed by atoms with Gasteiger partial charge in [-0.15, -0.1) is 0 Å². The summed E-state index contributed by atoms with van der Waals surface area (Å²) < 4.78 is 6.38. The highest BCUT2D eigenvalue weighted by Crippen LogP contribution is 2.08. The van der Waals surface area contributed by atoms with E-state index in [0.29, 0.717) is 5.82 Å². The van der Waals surface area contributed by atoms with Crippen LogP contribution in [0.5, 0.6) is 0 Å². The van der Waals surface area contributed by atoms with Gasteiger partial charge in [0.2, 0.25) is 0 Å². The lowest BCUT2D eigenvalue weighted by atomic mass is 10.1. The molecular formula is C20H27N5O3. The Morgan fingerprint density at radius 2 is 1.93 bits per heavy atom. The Morgan fingerprint density at radius 3 is 2.61 bits per heavy atom. The van der Waals surface area contributed by atoms with Crippen molar-refractivity contribution in [3.8, 4) is 0 Å². The number of nitrogens with zero attached hydrogens (tertiary/aromatic N) is 4. The number of aromatic nitrogens is 2. The molecular weight excluding hydrogens is 358 g/mol. The van der Waals surface area contributed by atoms with Crippen LogP contribution in [0.3, 0.4) is 0 Å². The first-order chi connectivity index (χ1) is 13.5. The third kappa shape index (κ3) is 5.40. The lowest BCUT2D eigenvalue weighted by molar-refractivity contribution is 0.0375. The number of benzene rings is 1. The van der Waals surface area contributed by atoms with Crippen molar-refractivity contribution < 1.29 is 4.74 Å². The number of aromatic amines is 1. The highest BCUT2D eigenvalue weighted by atomic mass is 16.5. The number of ether oxygens (including phenoxy) is 1. The van der Waals surface area contributed by atoms with Crippen molar-refractivity contribution in [1.82, 2.24) is 14.5 Å². The summed E-state index contributed by atoms with van der Waals surface area (Å²) >= 11 is 0. The van der Waals surface area contributed by atoms with Crippen molar-refractivity contribution in [1.29, 1.82) is 0 Å². The number of hydrogen-bond acceptors (Lipinski definition) is 6. The van der Waals surface area contributed by atoms with E-state index in [1.807, 2.05) is 12.1 Å². The lowest BCUT2D eigenvalue weighted by Gasteiger charge is -2.26. The van der Waals surface area contributed by atoms with Crippen molar-refractivity contribution in [2.24, 2.45) is 12.1 Å². The number of rotatable bonds is 7. The summed E-state index contributed by atoms with van der Waals surface area (Å²) in [5, 5.41) is 5.77. The summed E-state index contributed by atoms with van der Waals surface area (Å²) in [5.41, 5.74) is 1.41. The van der Waals surface area contributed by atoms with E-state index in [1.165, 1.54) is 23.7 Å². The molecule has 0 bridgehead atoms. The predicted octanol–water partition coefficient (Wildman–Crippen LogP) is 0.809. The Bertz CT molecular complexity index is 879. The number of morpholine rings is 1. The van der Waals surface area contributed by atoms with E-state index in [-0.39, 0.29) is 5.56 Å². The summed E-state index contributed by atoms with van der Waals surface area (Å²) in [6.07, 6.45) is 3.88. The minimum atomic E-state index is -0.467. The highest BCUT2D eigenvalue weighted by molar-refractivity contribution is 5.80. The molecule has 8 heteroatoms. The van der Waals surface area contributed by atoms with Crippen LogP contribution in [0.15, 0.2) is 45.0 Å². The van der Waals surface area contributed by atoms with Crippen molar-refractivity contribution in [3.05, 3.63) is 62.3 Å². The molecule has 2 heterocycles. The van der Waals surface area contributed by atoms with E-state index in [0.717, 1.165) is 55.8 Å². The highest BCUT2D eigenvalue weighted by Gasteiger charge is 2.09. The first-order valence-corrected chi connectivity index (χ1v) is 9.50. The van der Waals surface area contributed by atoms with Crippen LogP contribution < -0.4 is 16.3 Å². The van der Waals surface area contributed by atoms with Crippen LogP contribution in [0.25, 0.3) is 0 Å². The average molecular weight is 385 g/mol. The third-order valence-electron chi connectivity index (χ3n) is 4.88. The molecule has 0 aliphatic carbocycles. The van der Waals surface area contributed by atoms with Gasteiger partial charge in [-0.3, -0.25) is 24.3 Å². The molecule has 1 saturated heterocycles. The fourth-order valence-electron chi connectivity index (χ4n) is 3.04. The van der Waals surface area contributed by atoms with E-state index in [4.69, 9.17) is 4.74 Å². The number of H-pyrrole nitrogens is 1. The Morgan fingerprint density at radius 1 is 1.21 bits per heavy atom. The zero-order valence-corrected chi connectivity index (χ0v) is 16.4. The molecule has 28 heavy (non-hydrogen) atoms. The first-order valence-electron chi connectivity index (χ1n) is 9.50. The normalized spacial score (nSPS) is 15.2. The van der Waals surface area contributed by atoms with Crippen LogP contribution in [-0.2, 0) is 18.2 Å². The van der Waals surface area contributed by atoms with Crippen LogP contribution in [0.1, 0.15) is 17.5 Å². The van der Waals surface area contributed by atoms with Gasteiger partial charge in [-0.05, 0) is 30.5 Å². The third-order valence-corrected chi connectivity index (χ3v) is 4.88. The van der Waals surface area contributed by atoms with Gasteiger partial charge in [0.05, 0.1) is 19.4 Å². The molecule has 1 aromatic carbocycles. The van der Waals surface area contributed by atoms with Crippen LogP contribution in [-0.4, -0.2) is 60.6 Å². The number of nitrogens with one attached hydrogen (secondary N) is 1. The Kier molecular flexibility index (Phi) is 6.78. The summed E-state index contributed by atoms with van der Waals surface area (Å²) in [5.74, 6) is 0.351. The maximum atomic E-state index is 11.7. The van der Waals surface area contributed by atoms with E-state index in [9.17, 15) is 9.59 Å². The molecule has 0 spiro atoms. The minimum Gasteiger partial charge on any atom is -0.379 e. The molecule has 1 fully saturated rings. The maximum absolute atomic E-state index is 11.7. The average Bonchev–Trinajstić information content (AvgIpc) is 2.71. The minimum absolute atomic E-state index is 0.351. The number of hydrazone groups is 1. The summed E-state index contributed by atoms with van der Waals surface area (Å²) in [6, 6.07) is 9.61. The smallest absolute Gasteiger partial charge is 0.329 e. The van der Waals surface area contributed by atoms with Gasteiger partial charge in [0.1, 0.15) is 5.82 Å². The molecule has 0 radical (unpaired) electrons. The Labute approximate surface area is 164 Å². The predicted molar refractivity (Wildman–Crippen MR) is 110 cm³/mol. The van der Waals surface area contributed by atoms with E-state index in [2.05, 4.69) is 27.1 Å². The standard InChI is InChI=1S/C20H27N5O3/c1-23-19(26)14-18(22-20(23)27)24(2)21-15-17-7-5-16(6-8-17)4-3-9-25-10-12-28-13-11-25/h5-8,14-15H,3-4,9-13H2,1-2H3,(H,22,27). The first kappa shape index (κ1) is 20.0. The number of aryl methyl sites for hydroxylation is 1. The molecule has 8 nitrogen and oxygen atoms in total. The molecule has 0 unspecified atom stereocenters. The van der Waals surface area contributed by atoms with Gasteiger partial charge in [-0.2, -0.15) is 5.10 Å². The van der Waals surface area contributed by atoms with Gasteiger partial charge in [0, 0.05) is 33.3 Å². The molecule has 0 amide bonds. The quantitative estimate of drug-likeness (QED) is 0.563. The second kappa shape index (κ2) is 9.48. The van der Waals surface area contributed by atoms with E-state index >= 15 is 0 Å². The Hall–Kier alpha value is -2.71. The molecule has 1 aliphatic rings. The zero-order valence-electron chi connectivity index (χ0n) is 16.4. The molecule has 0 saturated carbocycles. The van der Waals surface area contributed by atoms with Crippen LogP contribution in [0, 0.1) is 0 Å². The second-order valence-corrected chi connectivity index (χ2v) is 6.92. The molecule has 150 valence electrons. The van der Waals surface area contributed by atoms with Crippen LogP contribution >= 0.6 is 0 Å². The fourth-order valence-corrected chi connectivity index (χ4v) is 3.04. The van der Waals surface area contributed by atoms with Crippen molar-refractivity contribution in [2.75, 3.05) is 44.9 Å². The fraction of sp³-hybridized carbons (Fsp3) is 0.450. The van der Waals surface area contributed by atoms with Gasteiger partial charge in [0.25, 0.3) is 5.56 Å². The maximum Gasteiger partial charge on any atom is 0.329 e. The second-order valence-electron chi connectivity index (χ2n) is 6.92. The van der Waals surface area contributed by atoms with Crippen molar-refractivity contribution in [3.63, 3.8) is 0 Å². The molecule has 1 N–H and O–H groups in total. The summed E-state index contributed by atoms with van der Waals surface area (Å²) in [6.45, 7) is 4.84. The number of anilines is 1. The summed E-state index contributed by atoms with van der Waals surface area (Å²) in [4.78, 5) is 28.5. The van der Waals surface area contributed by atoms with Crippen molar-refractivity contribution in [2.45, 2.75) is 12.8 Å². The molecule has 0 atom stereocenters. The Balaban J connectivity index is 1.53. The summed E-state index contributed by atoms with van der Waals surface area (Å²) in [7, 11) is 3.11. The monoisotopic (exact) mass is 385 g/mol. The lowest BCUT2D eigenvalue weighted by Crippen LogP contribution is -2.36. The molecule has 3 rings (SSSR count).